The molecule has 0 bridgehead atoms. The molecular formula is C64H62Br4Cl4LiN6O8+. The van der Waals surface area contributed by atoms with Crippen LogP contribution in [-0.4, -0.2) is 86.1 Å². The van der Waals surface area contributed by atoms with Crippen LogP contribution in [0.4, 0.5) is 0 Å². The van der Waals surface area contributed by atoms with E-state index in [-0.39, 0.29) is 62.7 Å². The van der Waals surface area contributed by atoms with Gasteiger partial charge in [-0.3, -0.25) is 24.6 Å². The Balaban J connectivity index is 0.000000260. The number of ether oxygens (including phenoxy) is 2. The fourth-order valence-corrected chi connectivity index (χ4v) is 10.6. The number of benzene rings is 6. The van der Waals surface area contributed by atoms with Crippen molar-refractivity contribution in [3.8, 4) is 33.9 Å². The van der Waals surface area contributed by atoms with Crippen molar-refractivity contribution in [2.75, 3.05) is 26.3 Å². The van der Waals surface area contributed by atoms with Crippen molar-refractivity contribution in [1.29, 1.82) is 0 Å². The molecule has 2 aromatic heterocycles. The van der Waals surface area contributed by atoms with E-state index in [1.54, 1.807) is 77.8 Å². The van der Waals surface area contributed by atoms with Gasteiger partial charge in [-0.25, -0.2) is 24.0 Å². The van der Waals surface area contributed by atoms with E-state index in [1.807, 2.05) is 105 Å². The van der Waals surface area contributed by atoms with Gasteiger partial charge >= 0.3 is 30.8 Å². The summed E-state index contributed by atoms with van der Waals surface area (Å²) in [6.45, 7) is 12.5. The van der Waals surface area contributed by atoms with E-state index in [0.717, 1.165) is 83.0 Å². The first-order valence-electron chi connectivity index (χ1n) is 26.7. The summed E-state index contributed by atoms with van der Waals surface area (Å²) in [7, 11) is 0. The first-order chi connectivity index (χ1) is 40.6. The fourth-order valence-electron chi connectivity index (χ4n) is 8.55. The molecule has 0 spiro atoms. The Kier molecular flexibility index (Phi) is 30.6. The molecule has 8 aromatic rings. The molecule has 1 amide bonds. The molecule has 1 unspecified atom stereocenters. The van der Waals surface area contributed by atoms with E-state index in [1.165, 1.54) is 13.3 Å². The predicted octanol–water partition coefficient (Wildman–Crippen LogP) is 15.2. The number of Topliss-reactive ketones (excluding diaryl/α,β-unsaturated/α-hetero) is 3. The van der Waals surface area contributed by atoms with Crippen LogP contribution in [0.1, 0.15) is 114 Å². The van der Waals surface area contributed by atoms with Crippen LogP contribution in [0.25, 0.3) is 33.9 Å². The summed E-state index contributed by atoms with van der Waals surface area (Å²) in [5.74, 6) is -3.67. The smallest absolute Gasteiger partial charge is 0.461 e. The number of hydrogen-bond acceptors (Lipinski definition) is 11. The number of aromatic nitrogens is 4. The summed E-state index contributed by atoms with van der Waals surface area (Å²) >= 11 is 38.4. The molecule has 0 saturated carbocycles. The fraction of sp³-hybridized carbons (Fsp3) is 0.250. The molecule has 23 heteroatoms. The quantitative estimate of drug-likeness (QED) is 0.0340. The summed E-state index contributed by atoms with van der Waals surface area (Å²) in [6.07, 6.45) is 3.93. The number of ketones is 3. The first-order valence-corrected chi connectivity index (χ1v) is 31.4. The van der Waals surface area contributed by atoms with E-state index in [9.17, 15) is 28.8 Å². The second kappa shape index (κ2) is 35.8. The normalized spacial score (nSPS) is 11.9. The summed E-state index contributed by atoms with van der Waals surface area (Å²) < 4.78 is 16.9. The summed E-state index contributed by atoms with van der Waals surface area (Å²) in [5.41, 5.74) is 11.1. The molecule has 87 heavy (non-hydrogen) atoms. The SMILES string of the molecule is C.CCC(=O)c1ccc(Br)cc1.CCOC(=O)C(=O)C(C)C(=O)c1ccc(Br)cc1.CCOC(=O)c1nn(-c2ccc(Cl)cc2Cl)c(-c2ccc(Br)cc2)c1C.Cc1c(C(=O)NN2CCCCC2)nn(-c2ccc(Cl)cc2Cl)c1-c1ccc(Br)cc1.[Li+]. The van der Waals surface area contributed by atoms with Crippen molar-refractivity contribution in [2.24, 2.45) is 5.92 Å². The van der Waals surface area contributed by atoms with Gasteiger partial charge in [0.05, 0.1) is 51.9 Å². The minimum absolute atomic E-state index is 0. The topological polar surface area (TPSA) is 172 Å². The number of amides is 1. The molecule has 1 aliphatic heterocycles. The van der Waals surface area contributed by atoms with Crippen molar-refractivity contribution in [3.05, 3.63) is 205 Å². The Labute approximate surface area is 573 Å². The molecule has 1 atom stereocenters. The molecule has 1 aliphatic rings. The summed E-state index contributed by atoms with van der Waals surface area (Å²) in [4.78, 5) is 71.3. The summed E-state index contributed by atoms with van der Waals surface area (Å²) in [6, 6.07) is 40.1. The zero-order chi connectivity index (χ0) is 62.1. The third kappa shape index (κ3) is 20.4. The predicted molar refractivity (Wildman–Crippen MR) is 357 cm³/mol. The average molecular weight is 1510 g/mol. The Morgan fingerprint density at radius 2 is 0.966 bits per heavy atom. The van der Waals surface area contributed by atoms with Crippen LogP contribution in [-0.2, 0) is 19.1 Å². The van der Waals surface area contributed by atoms with Gasteiger partial charge in [-0.05, 0) is 132 Å². The van der Waals surface area contributed by atoms with Crippen LogP contribution in [0.15, 0.2) is 151 Å². The Morgan fingerprint density at radius 1 is 0.563 bits per heavy atom. The molecule has 0 aliphatic carbocycles. The van der Waals surface area contributed by atoms with Crippen LogP contribution in [0, 0.1) is 19.8 Å². The number of hydrazine groups is 1. The van der Waals surface area contributed by atoms with Crippen molar-refractivity contribution in [1.82, 2.24) is 30.0 Å². The van der Waals surface area contributed by atoms with E-state index in [4.69, 9.17) is 51.1 Å². The van der Waals surface area contributed by atoms with Gasteiger partial charge in [-0.1, -0.05) is 179 Å². The Bertz CT molecular complexity index is 3680. The van der Waals surface area contributed by atoms with Crippen molar-refractivity contribution >= 4 is 145 Å². The number of piperidine rings is 1. The number of hydrogen-bond donors (Lipinski definition) is 1. The second-order valence-electron chi connectivity index (χ2n) is 18.8. The van der Waals surface area contributed by atoms with E-state index in [0.29, 0.717) is 49.1 Å². The zero-order valence-corrected chi connectivity index (χ0v) is 57.3. The second-order valence-corrected chi connectivity index (χ2v) is 24.2. The minimum Gasteiger partial charge on any atom is -0.461 e. The standard InChI is InChI=1S/C22H21BrCl2N4O.C19H15BrCl2N2O2.C13H13BrO4.C9H9BrO.CH4.Li/c1-14-20(22(30)27-28-11-3-2-4-12-28)26-29(19-10-9-17(24)13-18(19)25)21(14)15-5-7-16(23)8-6-15;1-3-26-19(25)17-11(2)18(12-4-6-13(20)7-5-12)24(23-17)16-9-8-14(21)10-15(16)22;1-3-18-13(17)12(16)8(2)11(15)9-4-6-10(14)7-5-9;1-2-9(11)7-3-5-8(10)6-4-7;;/h5-10,13H,2-4,11-12H2,1H3,(H,27,30);4-10H,3H2,1-2H3;4-8H,3H2,1-2H3;3-6H,2H2,1H3;1H4;/q;;;;;+1. The van der Waals surface area contributed by atoms with Gasteiger partial charge in [0, 0.05) is 80.8 Å². The summed E-state index contributed by atoms with van der Waals surface area (Å²) in [5, 5.41) is 13.1. The molecule has 3 heterocycles. The minimum atomic E-state index is -1.02. The largest absolute Gasteiger partial charge is 1.00 e. The maximum atomic E-state index is 13.1. The molecule has 6 aromatic carbocycles. The molecular weight excluding hydrogens is 1450 g/mol. The number of rotatable bonds is 15. The van der Waals surface area contributed by atoms with Crippen LogP contribution in [0.3, 0.4) is 0 Å². The number of nitrogens with zero attached hydrogens (tertiary/aromatic N) is 5. The van der Waals surface area contributed by atoms with E-state index < -0.39 is 23.6 Å². The van der Waals surface area contributed by atoms with Gasteiger partial charge in [-0.15, -0.1) is 0 Å². The van der Waals surface area contributed by atoms with Crippen LogP contribution in [0.5, 0.6) is 0 Å². The van der Waals surface area contributed by atoms with Gasteiger partial charge in [-0.2, -0.15) is 10.2 Å². The molecule has 452 valence electrons. The maximum Gasteiger partial charge on any atom is 1.00 e. The third-order valence-electron chi connectivity index (χ3n) is 12.9. The number of carbonyl (C=O) groups excluding carboxylic acids is 6. The van der Waals surface area contributed by atoms with Gasteiger partial charge in [0.1, 0.15) is 0 Å². The maximum absolute atomic E-state index is 13.1. The van der Waals surface area contributed by atoms with Gasteiger partial charge in [0.2, 0.25) is 0 Å². The third-order valence-corrected chi connectivity index (χ3v) is 16.1. The molecule has 0 radical (unpaired) electrons. The van der Waals surface area contributed by atoms with Gasteiger partial charge in [0.15, 0.2) is 23.0 Å². The monoisotopic (exact) mass is 1510 g/mol. The number of esters is 2. The zero-order valence-electron chi connectivity index (χ0n) is 48.0. The Morgan fingerprint density at radius 3 is 1.38 bits per heavy atom. The molecule has 1 saturated heterocycles. The first kappa shape index (κ1) is 74.3. The number of carbonyl (C=O) groups is 6. The van der Waals surface area contributed by atoms with Crippen molar-refractivity contribution in [3.63, 3.8) is 0 Å². The average Bonchev–Trinajstić information content (AvgIpc) is 1.81. The number of halogens is 8. The molecule has 1 N–H and O–H groups in total. The van der Waals surface area contributed by atoms with Crippen molar-refractivity contribution in [2.45, 2.75) is 74.7 Å². The van der Waals surface area contributed by atoms with Crippen LogP contribution >= 0.6 is 110 Å². The van der Waals surface area contributed by atoms with E-state index in [2.05, 4.69) is 84.1 Å². The van der Waals surface area contributed by atoms with Crippen LogP contribution in [0.2, 0.25) is 20.1 Å². The van der Waals surface area contributed by atoms with Crippen LogP contribution < -0.4 is 24.3 Å². The molecule has 14 nitrogen and oxygen atoms in total. The van der Waals surface area contributed by atoms with Crippen molar-refractivity contribution < 1.29 is 57.1 Å². The Hall–Kier alpha value is -5.20. The number of nitrogens with one attached hydrogen (secondary N) is 1. The molecule has 1 fully saturated rings. The van der Waals surface area contributed by atoms with E-state index >= 15 is 0 Å². The van der Waals surface area contributed by atoms with Gasteiger partial charge < -0.3 is 9.47 Å². The van der Waals surface area contributed by atoms with Gasteiger partial charge in [0.25, 0.3) is 11.7 Å². The molecule has 9 rings (SSSR count).